The normalized spacial score (nSPS) is 30.5. The Kier molecular flexibility index (Phi) is 4.25. The minimum atomic E-state index is 0.445. The molecule has 1 aliphatic carbocycles. The van der Waals surface area contributed by atoms with Crippen molar-refractivity contribution in [3.8, 4) is 0 Å². The molecule has 1 N–H and O–H groups in total. The van der Waals surface area contributed by atoms with E-state index in [1.807, 2.05) is 11.8 Å². The molecule has 3 heteroatoms. The van der Waals surface area contributed by atoms with Crippen LogP contribution < -0.4 is 5.32 Å². The fourth-order valence-electron chi connectivity index (χ4n) is 3.94. The SMILES string of the molecule is CC(C)C1CN=C(NC2CC(C)(C)CC(C)(C)C2)S1. The molecule has 2 aliphatic rings. The third kappa shape index (κ3) is 4.14. The number of hydrogen-bond acceptors (Lipinski definition) is 3. The van der Waals surface area contributed by atoms with Crippen LogP contribution in [0, 0.1) is 16.7 Å². The van der Waals surface area contributed by atoms with E-state index in [9.17, 15) is 0 Å². The summed E-state index contributed by atoms with van der Waals surface area (Å²) in [6, 6.07) is 0.593. The lowest BCUT2D eigenvalue weighted by atomic mass is 9.63. The third-order valence-electron chi connectivity index (χ3n) is 4.30. The van der Waals surface area contributed by atoms with Crippen molar-refractivity contribution in [1.29, 1.82) is 0 Å². The van der Waals surface area contributed by atoms with Gasteiger partial charge in [0.1, 0.15) is 0 Å². The van der Waals surface area contributed by atoms with E-state index < -0.39 is 0 Å². The number of thioether (sulfide) groups is 1. The number of amidine groups is 1. The van der Waals surface area contributed by atoms with E-state index in [2.05, 4.69) is 46.9 Å². The summed E-state index contributed by atoms with van der Waals surface area (Å²) in [6.07, 6.45) is 3.86. The van der Waals surface area contributed by atoms with Crippen molar-refractivity contribution in [3.63, 3.8) is 0 Å². The molecule has 1 fully saturated rings. The van der Waals surface area contributed by atoms with Crippen LogP contribution in [0.3, 0.4) is 0 Å². The maximum Gasteiger partial charge on any atom is 0.157 e. The van der Waals surface area contributed by atoms with Crippen LogP contribution >= 0.6 is 11.8 Å². The zero-order valence-electron chi connectivity index (χ0n) is 13.4. The minimum Gasteiger partial charge on any atom is -0.362 e. The van der Waals surface area contributed by atoms with E-state index in [1.54, 1.807) is 0 Å². The molecule has 0 amide bonds. The predicted molar refractivity (Wildman–Crippen MR) is 86.9 cm³/mol. The van der Waals surface area contributed by atoms with Crippen LogP contribution in [0.2, 0.25) is 0 Å². The smallest absolute Gasteiger partial charge is 0.157 e. The van der Waals surface area contributed by atoms with Gasteiger partial charge < -0.3 is 5.32 Å². The van der Waals surface area contributed by atoms with Crippen molar-refractivity contribution in [3.05, 3.63) is 0 Å². The monoisotopic (exact) mass is 282 g/mol. The van der Waals surface area contributed by atoms with Crippen molar-refractivity contribution < 1.29 is 0 Å². The van der Waals surface area contributed by atoms with Gasteiger partial charge in [-0.3, -0.25) is 4.99 Å². The minimum absolute atomic E-state index is 0.445. The molecule has 1 aliphatic heterocycles. The Hall–Kier alpha value is -0.180. The fourth-order valence-corrected chi connectivity index (χ4v) is 5.03. The lowest BCUT2D eigenvalue weighted by molar-refractivity contribution is 0.0925. The summed E-state index contributed by atoms with van der Waals surface area (Å²) >= 11 is 1.95. The van der Waals surface area contributed by atoms with Gasteiger partial charge in [-0.1, -0.05) is 53.3 Å². The van der Waals surface area contributed by atoms with Crippen LogP contribution in [0.4, 0.5) is 0 Å². The van der Waals surface area contributed by atoms with Crippen molar-refractivity contribution in [2.24, 2.45) is 21.7 Å². The molecule has 0 aromatic heterocycles. The summed E-state index contributed by atoms with van der Waals surface area (Å²) in [5.41, 5.74) is 0.890. The molecule has 1 heterocycles. The summed E-state index contributed by atoms with van der Waals surface area (Å²) in [7, 11) is 0. The van der Waals surface area contributed by atoms with Gasteiger partial charge >= 0.3 is 0 Å². The zero-order chi connectivity index (χ0) is 14.3. The Balaban J connectivity index is 1.93. The summed E-state index contributed by atoms with van der Waals surface area (Å²) in [5.74, 6) is 0.715. The van der Waals surface area contributed by atoms with Gasteiger partial charge in [-0.25, -0.2) is 0 Å². The average Bonchev–Trinajstić information content (AvgIpc) is 2.60. The van der Waals surface area contributed by atoms with Crippen LogP contribution in [0.25, 0.3) is 0 Å². The molecule has 1 saturated carbocycles. The molecule has 110 valence electrons. The van der Waals surface area contributed by atoms with Gasteiger partial charge in [-0.2, -0.15) is 0 Å². The van der Waals surface area contributed by atoms with Gasteiger partial charge in [-0.05, 0) is 36.0 Å². The average molecular weight is 282 g/mol. The van der Waals surface area contributed by atoms with E-state index in [0.717, 1.165) is 6.54 Å². The van der Waals surface area contributed by atoms with Crippen molar-refractivity contribution in [2.45, 2.75) is 72.1 Å². The second-order valence-electron chi connectivity index (χ2n) is 8.30. The highest BCUT2D eigenvalue weighted by Gasteiger charge is 2.39. The number of nitrogens with one attached hydrogen (secondary N) is 1. The summed E-state index contributed by atoms with van der Waals surface area (Å²) in [5, 5.41) is 5.59. The second kappa shape index (κ2) is 5.31. The molecule has 1 atom stereocenters. The van der Waals surface area contributed by atoms with Crippen LogP contribution in [-0.2, 0) is 0 Å². The van der Waals surface area contributed by atoms with Crippen LogP contribution in [0.1, 0.15) is 60.8 Å². The Bertz CT molecular complexity index is 342. The highest BCUT2D eigenvalue weighted by atomic mass is 32.2. The second-order valence-corrected chi connectivity index (χ2v) is 9.53. The maximum absolute atomic E-state index is 4.70. The molecule has 1 unspecified atom stereocenters. The quantitative estimate of drug-likeness (QED) is 0.816. The molecule has 19 heavy (non-hydrogen) atoms. The zero-order valence-corrected chi connectivity index (χ0v) is 14.2. The lowest BCUT2D eigenvalue weighted by Gasteiger charge is -2.45. The Labute approximate surface area is 123 Å². The Morgan fingerprint density at radius 1 is 1.16 bits per heavy atom. The van der Waals surface area contributed by atoms with Gasteiger partial charge in [-0.15, -0.1) is 0 Å². The first-order chi connectivity index (χ1) is 8.67. The largest absolute Gasteiger partial charge is 0.362 e. The van der Waals surface area contributed by atoms with Crippen molar-refractivity contribution in [1.82, 2.24) is 5.32 Å². The van der Waals surface area contributed by atoms with Gasteiger partial charge in [0.05, 0.1) is 6.54 Å². The molecular formula is C16H30N2S. The van der Waals surface area contributed by atoms with Crippen molar-refractivity contribution in [2.75, 3.05) is 6.54 Å². The van der Waals surface area contributed by atoms with E-state index in [1.165, 1.54) is 24.4 Å². The molecule has 0 saturated heterocycles. The predicted octanol–water partition coefficient (Wildman–Crippen LogP) is 4.31. The standard InChI is InChI=1S/C16H30N2S/c1-11(2)13-9-17-14(19-13)18-12-7-15(3,4)10-16(5,6)8-12/h11-13H,7-10H2,1-6H3,(H,17,18). The van der Waals surface area contributed by atoms with Crippen LogP contribution in [0.5, 0.6) is 0 Å². The number of rotatable bonds is 2. The number of hydrogen-bond donors (Lipinski definition) is 1. The van der Waals surface area contributed by atoms with Gasteiger partial charge in [0, 0.05) is 11.3 Å². The van der Waals surface area contributed by atoms with E-state index >= 15 is 0 Å². The molecule has 2 nitrogen and oxygen atoms in total. The van der Waals surface area contributed by atoms with Crippen LogP contribution in [-0.4, -0.2) is 23.0 Å². The molecule has 2 rings (SSSR count). The maximum atomic E-state index is 4.70. The lowest BCUT2D eigenvalue weighted by Crippen LogP contribution is -2.45. The highest BCUT2D eigenvalue weighted by Crippen LogP contribution is 2.45. The Morgan fingerprint density at radius 2 is 1.74 bits per heavy atom. The van der Waals surface area contributed by atoms with E-state index in [0.29, 0.717) is 28.0 Å². The molecular weight excluding hydrogens is 252 g/mol. The molecule has 0 radical (unpaired) electrons. The first kappa shape index (κ1) is 15.2. The van der Waals surface area contributed by atoms with Gasteiger partial charge in [0.15, 0.2) is 5.17 Å². The molecule has 0 aromatic rings. The summed E-state index contributed by atoms with van der Waals surface area (Å²) in [6.45, 7) is 15.2. The summed E-state index contributed by atoms with van der Waals surface area (Å²) in [4.78, 5) is 4.70. The van der Waals surface area contributed by atoms with Gasteiger partial charge in [0.25, 0.3) is 0 Å². The van der Waals surface area contributed by atoms with Crippen molar-refractivity contribution >= 4 is 16.9 Å². The number of aliphatic imine (C=N–C) groups is 1. The van der Waals surface area contributed by atoms with Crippen LogP contribution in [0.15, 0.2) is 4.99 Å². The molecule has 0 spiro atoms. The Morgan fingerprint density at radius 3 is 2.21 bits per heavy atom. The molecule has 0 bridgehead atoms. The third-order valence-corrected chi connectivity index (χ3v) is 5.77. The topological polar surface area (TPSA) is 24.4 Å². The van der Waals surface area contributed by atoms with E-state index in [-0.39, 0.29) is 0 Å². The number of nitrogens with zero attached hydrogens (tertiary/aromatic N) is 1. The first-order valence-electron chi connectivity index (χ1n) is 7.65. The molecule has 0 aromatic carbocycles. The summed E-state index contributed by atoms with van der Waals surface area (Å²) < 4.78 is 0. The highest BCUT2D eigenvalue weighted by molar-refractivity contribution is 8.14. The fraction of sp³-hybridized carbons (Fsp3) is 0.938. The first-order valence-corrected chi connectivity index (χ1v) is 8.52. The van der Waals surface area contributed by atoms with Gasteiger partial charge in [0.2, 0.25) is 0 Å². The van der Waals surface area contributed by atoms with E-state index in [4.69, 9.17) is 4.99 Å².